The molecule has 1 amide bonds. The molecule has 0 saturated carbocycles. The van der Waals surface area contributed by atoms with Crippen molar-refractivity contribution in [1.82, 2.24) is 5.32 Å². The molecule has 3 N–H and O–H groups in total. The van der Waals surface area contributed by atoms with Crippen LogP contribution in [-0.2, 0) is 12.0 Å². The third-order valence-corrected chi connectivity index (χ3v) is 4.02. The number of carbonyl (C=O) groups excluding carboxylic acids is 1. The largest absolute Gasteiger partial charge is 0.351 e. The van der Waals surface area contributed by atoms with Gasteiger partial charge in [-0.05, 0) is 35.4 Å². The number of nitrogens with two attached hydrogens (primary N) is 1. The Morgan fingerprint density at radius 2 is 1.65 bits per heavy atom. The fourth-order valence-corrected chi connectivity index (χ4v) is 2.32. The van der Waals surface area contributed by atoms with Crippen molar-refractivity contribution in [3.63, 3.8) is 0 Å². The molecule has 5 heteroatoms. The predicted octanol–water partition coefficient (Wildman–Crippen LogP) is 3.93. The van der Waals surface area contributed by atoms with Gasteiger partial charge in [0.05, 0.1) is 0 Å². The highest BCUT2D eigenvalue weighted by molar-refractivity contribution is 6.30. The van der Waals surface area contributed by atoms with Crippen molar-refractivity contribution in [2.75, 3.05) is 6.54 Å². The fraction of sp³-hybridized carbons (Fsp3) is 0.278. The van der Waals surface area contributed by atoms with E-state index in [4.69, 9.17) is 17.3 Å². The van der Waals surface area contributed by atoms with Gasteiger partial charge in [0.15, 0.2) is 0 Å². The number of rotatable bonds is 5. The minimum absolute atomic E-state index is 0. The van der Waals surface area contributed by atoms with E-state index in [0.717, 1.165) is 11.1 Å². The Hall–Kier alpha value is -1.55. The van der Waals surface area contributed by atoms with Crippen molar-refractivity contribution in [1.29, 1.82) is 0 Å². The maximum absolute atomic E-state index is 12.2. The summed E-state index contributed by atoms with van der Waals surface area (Å²) in [7, 11) is 0. The van der Waals surface area contributed by atoms with Gasteiger partial charge < -0.3 is 11.1 Å². The molecule has 124 valence electrons. The Kier molecular flexibility index (Phi) is 7.07. The minimum Gasteiger partial charge on any atom is -0.351 e. The monoisotopic (exact) mass is 352 g/mol. The van der Waals surface area contributed by atoms with Gasteiger partial charge in [-0.2, -0.15) is 0 Å². The van der Waals surface area contributed by atoms with E-state index in [0.29, 0.717) is 23.7 Å². The first-order chi connectivity index (χ1) is 10.4. The Labute approximate surface area is 148 Å². The van der Waals surface area contributed by atoms with Gasteiger partial charge in [0.25, 0.3) is 5.91 Å². The summed E-state index contributed by atoms with van der Waals surface area (Å²) >= 11 is 5.92. The van der Waals surface area contributed by atoms with Gasteiger partial charge in [-0.25, -0.2) is 0 Å². The molecule has 3 nitrogen and oxygen atoms in total. The van der Waals surface area contributed by atoms with E-state index in [9.17, 15) is 4.79 Å². The predicted molar refractivity (Wildman–Crippen MR) is 98.4 cm³/mol. The van der Waals surface area contributed by atoms with Crippen LogP contribution < -0.4 is 11.1 Å². The molecular formula is C18H22Cl2N2O. The van der Waals surface area contributed by atoms with Gasteiger partial charge in [-0.15, -0.1) is 12.4 Å². The summed E-state index contributed by atoms with van der Waals surface area (Å²) in [5.74, 6) is -0.0781. The highest BCUT2D eigenvalue weighted by Gasteiger charge is 2.21. The van der Waals surface area contributed by atoms with Crippen molar-refractivity contribution in [2.45, 2.75) is 25.8 Å². The lowest BCUT2D eigenvalue weighted by Crippen LogP contribution is -2.36. The smallest absolute Gasteiger partial charge is 0.251 e. The molecule has 0 unspecified atom stereocenters. The van der Waals surface area contributed by atoms with E-state index in [2.05, 4.69) is 19.2 Å². The Balaban J connectivity index is 0.00000264. The van der Waals surface area contributed by atoms with Crippen LogP contribution in [0, 0.1) is 0 Å². The van der Waals surface area contributed by atoms with Crippen LogP contribution in [-0.4, -0.2) is 12.5 Å². The summed E-state index contributed by atoms with van der Waals surface area (Å²) in [6.07, 6.45) is 0. The fourth-order valence-electron chi connectivity index (χ4n) is 2.20. The second kappa shape index (κ2) is 8.34. The summed E-state index contributed by atoms with van der Waals surface area (Å²) in [5, 5.41) is 3.70. The van der Waals surface area contributed by atoms with Gasteiger partial charge in [0, 0.05) is 29.1 Å². The van der Waals surface area contributed by atoms with Crippen molar-refractivity contribution < 1.29 is 4.79 Å². The van der Waals surface area contributed by atoms with E-state index in [1.54, 1.807) is 12.1 Å². The van der Waals surface area contributed by atoms with Crippen LogP contribution in [0.25, 0.3) is 0 Å². The molecule has 0 heterocycles. The molecule has 2 aromatic rings. The summed E-state index contributed by atoms with van der Waals surface area (Å²) in [6, 6.07) is 15.1. The van der Waals surface area contributed by atoms with Crippen molar-refractivity contribution in [3.05, 3.63) is 70.2 Å². The lowest BCUT2D eigenvalue weighted by Gasteiger charge is -2.25. The molecule has 2 aromatic carbocycles. The summed E-state index contributed by atoms with van der Waals surface area (Å²) in [6.45, 7) is 5.21. The van der Waals surface area contributed by atoms with E-state index in [-0.39, 0.29) is 23.7 Å². The number of carbonyl (C=O) groups is 1. The number of nitrogens with one attached hydrogen (secondary N) is 1. The normalized spacial score (nSPS) is 10.8. The molecule has 2 rings (SSSR count). The first-order valence-electron chi connectivity index (χ1n) is 7.25. The van der Waals surface area contributed by atoms with Gasteiger partial charge in [-0.3, -0.25) is 4.79 Å². The molecule has 0 radical (unpaired) electrons. The summed E-state index contributed by atoms with van der Waals surface area (Å²) < 4.78 is 0. The molecule has 0 saturated heterocycles. The number of hydrogen-bond acceptors (Lipinski definition) is 2. The number of benzene rings is 2. The van der Waals surface area contributed by atoms with Crippen LogP contribution in [0.1, 0.15) is 35.3 Å². The van der Waals surface area contributed by atoms with Crippen molar-refractivity contribution >= 4 is 29.9 Å². The van der Waals surface area contributed by atoms with Gasteiger partial charge in [0.2, 0.25) is 0 Å². The SMILES string of the molecule is CC(C)(CNC(=O)c1ccc(CN)cc1)c1ccc(Cl)cc1.Cl. The molecule has 0 aromatic heterocycles. The van der Waals surface area contributed by atoms with Crippen molar-refractivity contribution in [3.8, 4) is 0 Å². The zero-order valence-electron chi connectivity index (χ0n) is 13.3. The van der Waals surface area contributed by atoms with Crippen LogP contribution in [0.15, 0.2) is 48.5 Å². The second-order valence-corrected chi connectivity index (χ2v) is 6.41. The third-order valence-electron chi connectivity index (χ3n) is 3.77. The zero-order chi connectivity index (χ0) is 16.2. The molecule has 0 spiro atoms. The first kappa shape index (κ1) is 19.5. The van der Waals surface area contributed by atoms with E-state index < -0.39 is 0 Å². The van der Waals surface area contributed by atoms with Crippen LogP contribution in [0.4, 0.5) is 0 Å². The highest BCUT2D eigenvalue weighted by Crippen LogP contribution is 2.24. The topological polar surface area (TPSA) is 55.1 Å². The number of halogens is 2. The molecule has 0 bridgehead atoms. The quantitative estimate of drug-likeness (QED) is 0.856. The van der Waals surface area contributed by atoms with Crippen LogP contribution in [0.5, 0.6) is 0 Å². The van der Waals surface area contributed by atoms with Crippen molar-refractivity contribution in [2.24, 2.45) is 5.73 Å². The molecule has 23 heavy (non-hydrogen) atoms. The lowest BCUT2D eigenvalue weighted by atomic mass is 9.84. The lowest BCUT2D eigenvalue weighted by molar-refractivity contribution is 0.0945. The molecule has 0 aliphatic carbocycles. The minimum atomic E-state index is -0.169. The van der Waals surface area contributed by atoms with E-state index >= 15 is 0 Å². The Morgan fingerprint density at radius 3 is 2.17 bits per heavy atom. The maximum atomic E-state index is 12.2. The van der Waals surface area contributed by atoms with E-state index in [1.165, 1.54) is 0 Å². The Morgan fingerprint density at radius 1 is 1.09 bits per heavy atom. The standard InChI is InChI=1S/C18H21ClN2O.ClH/c1-18(2,15-7-9-16(19)10-8-15)12-21-17(22)14-5-3-13(11-20)4-6-14;/h3-10H,11-12,20H2,1-2H3,(H,21,22);1H. The molecule has 0 atom stereocenters. The Bertz CT molecular complexity index is 637. The number of hydrogen-bond donors (Lipinski definition) is 2. The molecule has 0 fully saturated rings. The van der Waals surface area contributed by atoms with Crippen LogP contribution in [0.2, 0.25) is 5.02 Å². The summed E-state index contributed by atoms with van der Waals surface area (Å²) in [5.41, 5.74) is 8.18. The second-order valence-electron chi connectivity index (χ2n) is 5.97. The maximum Gasteiger partial charge on any atom is 0.251 e. The van der Waals surface area contributed by atoms with Crippen LogP contribution >= 0.6 is 24.0 Å². The number of amides is 1. The van der Waals surface area contributed by atoms with Gasteiger partial charge >= 0.3 is 0 Å². The van der Waals surface area contributed by atoms with Gasteiger partial charge in [0.1, 0.15) is 0 Å². The van der Waals surface area contributed by atoms with Crippen LogP contribution in [0.3, 0.4) is 0 Å². The molecular weight excluding hydrogens is 331 g/mol. The molecule has 0 aliphatic rings. The first-order valence-corrected chi connectivity index (χ1v) is 7.63. The average molecular weight is 353 g/mol. The van der Waals surface area contributed by atoms with E-state index in [1.807, 2.05) is 36.4 Å². The molecule has 0 aliphatic heterocycles. The summed E-state index contributed by atoms with van der Waals surface area (Å²) in [4.78, 5) is 12.2. The average Bonchev–Trinajstić information content (AvgIpc) is 2.53. The third kappa shape index (κ3) is 5.24. The van der Waals surface area contributed by atoms with Gasteiger partial charge in [-0.1, -0.05) is 49.7 Å². The zero-order valence-corrected chi connectivity index (χ0v) is 14.9. The highest BCUT2D eigenvalue weighted by atomic mass is 35.5.